The minimum absolute atomic E-state index is 0.0566. The van der Waals surface area contributed by atoms with Crippen LogP contribution >= 0.6 is 23.2 Å². The van der Waals surface area contributed by atoms with Gasteiger partial charge in [0, 0.05) is 16.6 Å². The Labute approximate surface area is 158 Å². The van der Waals surface area contributed by atoms with Gasteiger partial charge in [0.25, 0.3) is 5.91 Å². The SMILES string of the molecule is O=C(NCC(O)c1cc(Cl)cc(Cl)c1)c1cnn(-c2ccc(F)cc2)n1. The summed E-state index contributed by atoms with van der Waals surface area (Å²) in [4.78, 5) is 13.4. The van der Waals surface area contributed by atoms with Crippen LogP contribution in [0.3, 0.4) is 0 Å². The number of hydrogen-bond donors (Lipinski definition) is 2. The summed E-state index contributed by atoms with van der Waals surface area (Å²) >= 11 is 11.8. The maximum Gasteiger partial charge on any atom is 0.273 e. The van der Waals surface area contributed by atoms with Gasteiger partial charge in [0.2, 0.25) is 0 Å². The number of aliphatic hydroxyl groups excluding tert-OH is 1. The number of carbonyl (C=O) groups is 1. The Morgan fingerprint density at radius 1 is 1.19 bits per heavy atom. The zero-order valence-electron chi connectivity index (χ0n) is 13.2. The molecule has 0 bridgehead atoms. The topological polar surface area (TPSA) is 80.0 Å². The summed E-state index contributed by atoms with van der Waals surface area (Å²) in [5.74, 6) is -0.889. The average molecular weight is 395 g/mol. The van der Waals surface area contributed by atoms with E-state index in [0.29, 0.717) is 21.3 Å². The van der Waals surface area contributed by atoms with Crippen molar-refractivity contribution in [1.82, 2.24) is 20.3 Å². The molecule has 0 aliphatic heterocycles. The number of benzene rings is 2. The zero-order chi connectivity index (χ0) is 18.7. The zero-order valence-corrected chi connectivity index (χ0v) is 14.7. The van der Waals surface area contributed by atoms with E-state index in [2.05, 4.69) is 15.5 Å². The van der Waals surface area contributed by atoms with Crippen molar-refractivity contribution in [2.24, 2.45) is 0 Å². The van der Waals surface area contributed by atoms with Crippen LogP contribution in [0.2, 0.25) is 10.0 Å². The van der Waals surface area contributed by atoms with Gasteiger partial charge in [0.05, 0.1) is 18.0 Å². The number of aliphatic hydroxyl groups is 1. The molecule has 0 spiro atoms. The van der Waals surface area contributed by atoms with Crippen LogP contribution in [0.5, 0.6) is 0 Å². The highest BCUT2D eigenvalue weighted by molar-refractivity contribution is 6.34. The summed E-state index contributed by atoms with van der Waals surface area (Å²) in [5, 5.41) is 21.5. The molecule has 134 valence electrons. The molecule has 0 fully saturated rings. The lowest BCUT2D eigenvalue weighted by molar-refractivity contribution is 0.0911. The van der Waals surface area contributed by atoms with Gasteiger partial charge >= 0.3 is 0 Å². The van der Waals surface area contributed by atoms with Gasteiger partial charge in [0.15, 0.2) is 5.69 Å². The van der Waals surface area contributed by atoms with E-state index >= 15 is 0 Å². The van der Waals surface area contributed by atoms with Crippen molar-refractivity contribution in [2.45, 2.75) is 6.10 Å². The predicted octanol–water partition coefficient (Wildman–Crippen LogP) is 3.18. The van der Waals surface area contributed by atoms with E-state index in [1.54, 1.807) is 18.2 Å². The minimum atomic E-state index is -0.984. The Morgan fingerprint density at radius 2 is 1.85 bits per heavy atom. The number of aromatic nitrogens is 3. The Hall–Kier alpha value is -2.48. The van der Waals surface area contributed by atoms with Crippen molar-refractivity contribution in [3.8, 4) is 5.69 Å². The second-order valence-corrected chi connectivity index (χ2v) is 6.30. The van der Waals surface area contributed by atoms with Gasteiger partial charge in [-0.25, -0.2) is 4.39 Å². The van der Waals surface area contributed by atoms with Crippen LogP contribution in [0.25, 0.3) is 5.69 Å². The Morgan fingerprint density at radius 3 is 2.50 bits per heavy atom. The van der Waals surface area contributed by atoms with Gasteiger partial charge in [0.1, 0.15) is 5.82 Å². The highest BCUT2D eigenvalue weighted by Gasteiger charge is 2.15. The van der Waals surface area contributed by atoms with E-state index in [4.69, 9.17) is 23.2 Å². The molecule has 2 N–H and O–H groups in total. The molecule has 3 rings (SSSR count). The Kier molecular flexibility index (Phi) is 5.51. The average Bonchev–Trinajstić information content (AvgIpc) is 3.09. The maximum absolute atomic E-state index is 12.9. The molecule has 3 aromatic rings. The number of hydrogen-bond acceptors (Lipinski definition) is 4. The lowest BCUT2D eigenvalue weighted by Gasteiger charge is -2.12. The molecule has 0 aliphatic rings. The number of halogens is 3. The summed E-state index contributed by atoms with van der Waals surface area (Å²) in [6, 6.07) is 10.2. The van der Waals surface area contributed by atoms with Crippen molar-refractivity contribution in [1.29, 1.82) is 0 Å². The number of nitrogens with one attached hydrogen (secondary N) is 1. The van der Waals surface area contributed by atoms with Crippen molar-refractivity contribution in [2.75, 3.05) is 6.54 Å². The smallest absolute Gasteiger partial charge is 0.273 e. The molecule has 0 saturated carbocycles. The van der Waals surface area contributed by atoms with Gasteiger partial charge in [-0.15, -0.1) is 5.10 Å². The third-order valence-corrected chi connectivity index (χ3v) is 3.94. The fourth-order valence-corrected chi connectivity index (χ4v) is 2.77. The van der Waals surface area contributed by atoms with Crippen molar-refractivity contribution in [3.63, 3.8) is 0 Å². The molecule has 2 aromatic carbocycles. The molecule has 0 saturated heterocycles. The summed E-state index contributed by atoms with van der Waals surface area (Å²) in [7, 11) is 0. The molecule has 1 atom stereocenters. The quantitative estimate of drug-likeness (QED) is 0.696. The fourth-order valence-electron chi connectivity index (χ4n) is 2.23. The molecule has 26 heavy (non-hydrogen) atoms. The van der Waals surface area contributed by atoms with E-state index in [9.17, 15) is 14.3 Å². The minimum Gasteiger partial charge on any atom is -0.387 e. The van der Waals surface area contributed by atoms with Crippen LogP contribution in [0.1, 0.15) is 22.2 Å². The van der Waals surface area contributed by atoms with Crippen molar-refractivity contribution < 1.29 is 14.3 Å². The van der Waals surface area contributed by atoms with Crippen LogP contribution < -0.4 is 5.32 Å². The fraction of sp³-hybridized carbons (Fsp3) is 0.118. The highest BCUT2D eigenvalue weighted by Crippen LogP contribution is 2.23. The molecule has 9 heteroatoms. The van der Waals surface area contributed by atoms with E-state index in [1.807, 2.05) is 0 Å². The summed E-state index contributed by atoms with van der Waals surface area (Å²) < 4.78 is 12.9. The monoisotopic (exact) mass is 394 g/mol. The summed E-state index contributed by atoms with van der Waals surface area (Å²) in [6.45, 7) is -0.0566. The first-order chi connectivity index (χ1) is 12.4. The lowest BCUT2D eigenvalue weighted by atomic mass is 10.1. The molecule has 1 amide bonds. The first-order valence-corrected chi connectivity index (χ1v) is 8.28. The number of rotatable bonds is 5. The normalized spacial score (nSPS) is 12.0. The van der Waals surface area contributed by atoms with Crippen molar-refractivity contribution >= 4 is 29.1 Å². The predicted molar refractivity (Wildman–Crippen MR) is 95.1 cm³/mol. The molecule has 0 aliphatic carbocycles. The molecule has 1 unspecified atom stereocenters. The van der Waals surface area contributed by atoms with E-state index in [1.165, 1.54) is 35.3 Å². The van der Waals surface area contributed by atoms with Gasteiger partial charge < -0.3 is 10.4 Å². The first kappa shape index (κ1) is 18.3. The van der Waals surface area contributed by atoms with Crippen LogP contribution in [-0.4, -0.2) is 32.6 Å². The Bertz CT molecular complexity index is 911. The molecule has 1 heterocycles. The van der Waals surface area contributed by atoms with E-state index < -0.39 is 12.0 Å². The molecular weight excluding hydrogens is 382 g/mol. The first-order valence-electron chi connectivity index (χ1n) is 7.53. The molecular formula is C17H13Cl2FN4O2. The van der Waals surface area contributed by atoms with E-state index in [-0.39, 0.29) is 18.1 Å². The van der Waals surface area contributed by atoms with Gasteiger partial charge in [-0.05, 0) is 48.0 Å². The second kappa shape index (κ2) is 7.82. The molecule has 1 aromatic heterocycles. The number of carbonyl (C=O) groups excluding carboxylic acids is 1. The van der Waals surface area contributed by atoms with Gasteiger partial charge in [-0.2, -0.15) is 9.90 Å². The molecule has 0 radical (unpaired) electrons. The summed E-state index contributed by atoms with van der Waals surface area (Å²) in [6.07, 6.45) is 0.295. The highest BCUT2D eigenvalue weighted by atomic mass is 35.5. The van der Waals surface area contributed by atoms with Crippen LogP contribution in [0, 0.1) is 5.82 Å². The van der Waals surface area contributed by atoms with Gasteiger partial charge in [-0.3, -0.25) is 4.79 Å². The van der Waals surface area contributed by atoms with Gasteiger partial charge in [-0.1, -0.05) is 23.2 Å². The standard InChI is InChI=1S/C17H13Cl2FN4O2/c18-11-5-10(6-12(19)7-11)16(25)9-21-17(26)15-8-22-24(23-15)14-3-1-13(20)2-4-14/h1-8,16,25H,9H2,(H,21,26). The van der Waals surface area contributed by atoms with Crippen molar-refractivity contribution in [3.05, 3.63) is 75.8 Å². The van der Waals surface area contributed by atoms with E-state index in [0.717, 1.165) is 0 Å². The molecule has 6 nitrogen and oxygen atoms in total. The number of nitrogens with zero attached hydrogens (tertiary/aromatic N) is 3. The van der Waals surface area contributed by atoms with Crippen LogP contribution in [0.15, 0.2) is 48.7 Å². The second-order valence-electron chi connectivity index (χ2n) is 5.42. The third-order valence-electron chi connectivity index (χ3n) is 3.51. The summed E-state index contributed by atoms with van der Waals surface area (Å²) in [5.41, 5.74) is 1.06. The largest absolute Gasteiger partial charge is 0.387 e. The maximum atomic E-state index is 12.9. The lowest BCUT2D eigenvalue weighted by Crippen LogP contribution is -2.28. The van der Waals surface area contributed by atoms with Crippen LogP contribution in [-0.2, 0) is 0 Å². The Balaban J connectivity index is 1.64. The number of amides is 1. The van der Waals surface area contributed by atoms with Crippen LogP contribution in [0.4, 0.5) is 4.39 Å². The third kappa shape index (κ3) is 4.37.